The molecule has 0 saturated carbocycles. The lowest BCUT2D eigenvalue weighted by molar-refractivity contribution is -0.384. The molecule has 1 N–H and O–H groups in total. The van der Waals surface area contributed by atoms with Crippen LogP contribution in [0.5, 0.6) is 0 Å². The summed E-state index contributed by atoms with van der Waals surface area (Å²) >= 11 is 0. The summed E-state index contributed by atoms with van der Waals surface area (Å²) in [6.45, 7) is 6.98. The smallest absolute Gasteiger partial charge is 0.292 e. The van der Waals surface area contributed by atoms with Gasteiger partial charge >= 0.3 is 0 Å². The molecule has 27 heavy (non-hydrogen) atoms. The van der Waals surface area contributed by atoms with Gasteiger partial charge < -0.3 is 14.8 Å². The molecule has 1 aliphatic heterocycles. The van der Waals surface area contributed by atoms with E-state index in [4.69, 9.17) is 0 Å². The standard InChI is InChI=1S/C19H22N4O4/c1-12-17(14(3)24)13(2)20-18(12)19(25)22-10-8-21(9-11-22)15-6-4-5-7-16(15)23(26)27/h4-7,20H,8-11H2,1-3H3. The summed E-state index contributed by atoms with van der Waals surface area (Å²) in [5.41, 5.74) is 3.02. The van der Waals surface area contributed by atoms with Crippen molar-refractivity contribution in [3.63, 3.8) is 0 Å². The maximum atomic E-state index is 12.9. The van der Waals surface area contributed by atoms with Crippen molar-refractivity contribution in [2.45, 2.75) is 20.8 Å². The minimum Gasteiger partial charge on any atom is -0.362 e. The van der Waals surface area contributed by atoms with Crippen LogP contribution in [0.1, 0.15) is 39.0 Å². The van der Waals surface area contributed by atoms with Gasteiger partial charge in [-0.1, -0.05) is 12.1 Å². The van der Waals surface area contributed by atoms with Crippen molar-refractivity contribution < 1.29 is 14.5 Å². The highest BCUT2D eigenvalue weighted by Gasteiger charge is 2.28. The summed E-state index contributed by atoms with van der Waals surface area (Å²) < 4.78 is 0. The summed E-state index contributed by atoms with van der Waals surface area (Å²) in [6, 6.07) is 6.63. The van der Waals surface area contributed by atoms with Crippen molar-refractivity contribution in [2.75, 3.05) is 31.1 Å². The van der Waals surface area contributed by atoms with E-state index >= 15 is 0 Å². The Kier molecular flexibility index (Phi) is 4.98. The first-order valence-corrected chi connectivity index (χ1v) is 8.79. The minimum absolute atomic E-state index is 0.0680. The Balaban J connectivity index is 1.75. The molecule has 0 atom stereocenters. The lowest BCUT2D eigenvalue weighted by Crippen LogP contribution is -2.49. The lowest BCUT2D eigenvalue weighted by Gasteiger charge is -2.35. The first-order chi connectivity index (χ1) is 12.8. The average molecular weight is 370 g/mol. The molecule has 1 amide bonds. The molecule has 142 valence electrons. The van der Waals surface area contributed by atoms with E-state index in [0.717, 1.165) is 0 Å². The van der Waals surface area contributed by atoms with Gasteiger partial charge in [0.25, 0.3) is 11.6 Å². The minimum atomic E-state index is -0.388. The normalized spacial score (nSPS) is 14.3. The number of hydrogen-bond acceptors (Lipinski definition) is 5. The van der Waals surface area contributed by atoms with E-state index in [1.807, 2.05) is 4.90 Å². The van der Waals surface area contributed by atoms with Crippen molar-refractivity contribution >= 4 is 23.1 Å². The molecule has 0 aliphatic carbocycles. The highest BCUT2D eigenvalue weighted by atomic mass is 16.6. The van der Waals surface area contributed by atoms with Crippen LogP contribution in [0.2, 0.25) is 0 Å². The SMILES string of the molecule is CC(=O)c1c(C)[nH]c(C(=O)N2CCN(c3ccccc3[N+](=O)[O-])CC2)c1C. The number of aryl methyl sites for hydroxylation is 1. The Morgan fingerprint density at radius 2 is 1.74 bits per heavy atom. The number of nitro benzene ring substituents is 1. The third-order valence-corrected chi connectivity index (χ3v) is 4.99. The fourth-order valence-corrected chi connectivity index (χ4v) is 3.69. The Bertz CT molecular complexity index is 910. The predicted octanol–water partition coefficient (Wildman–Crippen LogP) is 2.70. The molecule has 0 radical (unpaired) electrons. The first kappa shape index (κ1) is 18.6. The molecule has 1 saturated heterocycles. The molecule has 0 bridgehead atoms. The summed E-state index contributed by atoms with van der Waals surface area (Å²) in [7, 11) is 0. The molecular weight excluding hydrogens is 348 g/mol. The number of carbonyl (C=O) groups excluding carboxylic acids is 2. The van der Waals surface area contributed by atoms with Crippen molar-refractivity contribution in [3.8, 4) is 0 Å². The lowest BCUT2D eigenvalue weighted by atomic mass is 10.1. The van der Waals surface area contributed by atoms with Crippen LogP contribution in [0, 0.1) is 24.0 Å². The van der Waals surface area contributed by atoms with Gasteiger partial charge in [0.1, 0.15) is 11.4 Å². The summed E-state index contributed by atoms with van der Waals surface area (Å²) in [6.07, 6.45) is 0. The number of para-hydroxylation sites is 2. The van der Waals surface area contributed by atoms with Crippen LogP contribution in [-0.4, -0.2) is 52.7 Å². The largest absolute Gasteiger partial charge is 0.362 e. The number of carbonyl (C=O) groups is 2. The zero-order valence-electron chi connectivity index (χ0n) is 15.6. The number of Topliss-reactive ketones (excluding diaryl/α,β-unsaturated/α-hetero) is 1. The van der Waals surface area contributed by atoms with Crippen molar-refractivity contribution in [2.24, 2.45) is 0 Å². The van der Waals surface area contributed by atoms with Gasteiger partial charge in [-0.25, -0.2) is 0 Å². The molecule has 2 aromatic rings. The monoisotopic (exact) mass is 370 g/mol. The molecule has 1 aliphatic rings. The maximum absolute atomic E-state index is 12.9. The van der Waals surface area contributed by atoms with Crippen molar-refractivity contribution in [1.29, 1.82) is 0 Å². The van der Waals surface area contributed by atoms with E-state index in [1.165, 1.54) is 13.0 Å². The molecule has 8 nitrogen and oxygen atoms in total. The van der Waals surface area contributed by atoms with E-state index in [1.54, 1.807) is 36.9 Å². The Labute approximate surface area is 156 Å². The number of nitro groups is 1. The molecule has 3 rings (SSSR count). The second kappa shape index (κ2) is 7.22. The predicted molar refractivity (Wildman–Crippen MR) is 101 cm³/mol. The van der Waals surface area contributed by atoms with Crippen molar-refractivity contribution in [1.82, 2.24) is 9.88 Å². The van der Waals surface area contributed by atoms with Gasteiger partial charge in [-0.3, -0.25) is 19.7 Å². The number of amides is 1. The summed E-state index contributed by atoms with van der Waals surface area (Å²) in [5, 5.41) is 11.2. The number of aromatic nitrogens is 1. The van der Waals surface area contributed by atoms with Gasteiger partial charge in [-0.2, -0.15) is 0 Å². The van der Waals surface area contributed by atoms with Crippen molar-refractivity contribution in [3.05, 3.63) is 56.9 Å². The van der Waals surface area contributed by atoms with Gasteiger partial charge in [0.05, 0.1) is 4.92 Å². The van der Waals surface area contributed by atoms with E-state index in [9.17, 15) is 19.7 Å². The zero-order chi connectivity index (χ0) is 19.7. The molecule has 1 aromatic heterocycles. The van der Waals surface area contributed by atoms with Crippen LogP contribution in [0.4, 0.5) is 11.4 Å². The summed E-state index contributed by atoms with van der Waals surface area (Å²) in [5.74, 6) is -0.216. The zero-order valence-corrected chi connectivity index (χ0v) is 15.6. The Hall–Kier alpha value is -3.16. The second-order valence-corrected chi connectivity index (χ2v) is 6.71. The molecule has 8 heteroatoms. The van der Waals surface area contributed by atoms with Gasteiger partial charge in [0, 0.05) is 43.5 Å². The fraction of sp³-hybridized carbons (Fsp3) is 0.368. The van der Waals surface area contributed by atoms with E-state index in [0.29, 0.717) is 54.4 Å². The molecule has 0 spiro atoms. The number of rotatable bonds is 4. The van der Waals surface area contributed by atoms with E-state index < -0.39 is 0 Å². The molecule has 2 heterocycles. The number of nitrogens with zero attached hydrogens (tertiary/aromatic N) is 3. The number of ketones is 1. The van der Waals surface area contributed by atoms with Crippen LogP contribution < -0.4 is 4.90 Å². The van der Waals surface area contributed by atoms with Gasteiger partial charge in [0.15, 0.2) is 5.78 Å². The fourth-order valence-electron chi connectivity index (χ4n) is 3.69. The van der Waals surface area contributed by atoms with Crippen LogP contribution in [0.3, 0.4) is 0 Å². The summed E-state index contributed by atoms with van der Waals surface area (Å²) in [4.78, 5) is 42.2. The number of H-pyrrole nitrogens is 1. The molecule has 0 unspecified atom stereocenters. The third-order valence-electron chi connectivity index (χ3n) is 4.99. The Morgan fingerprint density at radius 3 is 2.30 bits per heavy atom. The highest BCUT2D eigenvalue weighted by Crippen LogP contribution is 2.28. The molecule has 1 fully saturated rings. The number of anilines is 1. The quantitative estimate of drug-likeness (QED) is 0.507. The second-order valence-electron chi connectivity index (χ2n) is 6.71. The highest BCUT2D eigenvalue weighted by molar-refractivity contribution is 6.02. The average Bonchev–Trinajstić information content (AvgIpc) is 2.95. The van der Waals surface area contributed by atoms with E-state index in [2.05, 4.69) is 4.98 Å². The van der Waals surface area contributed by atoms with Gasteiger partial charge in [-0.15, -0.1) is 0 Å². The van der Waals surface area contributed by atoms with Crippen LogP contribution in [0.25, 0.3) is 0 Å². The van der Waals surface area contributed by atoms with Gasteiger partial charge in [-0.05, 0) is 32.4 Å². The maximum Gasteiger partial charge on any atom is 0.292 e. The topological polar surface area (TPSA) is 99.6 Å². The number of hydrogen-bond donors (Lipinski definition) is 1. The van der Waals surface area contributed by atoms with Crippen LogP contribution in [0.15, 0.2) is 24.3 Å². The Morgan fingerprint density at radius 1 is 1.11 bits per heavy atom. The van der Waals surface area contributed by atoms with Crippen LogP contribution in [-0.2, 0) is 0 Å². The van der Waals surface area contributed by atoms with E-state index in [-0.39, 0.29) is 22.3 Å². The van der Waals surface area contributed by atoms with Gasteiger partial charge in [0.2, 0.25) is 0 Å². The first-order valence-electron chi connectivity index (χ1n) is 8.79. The number of nitrogens with one attached hydrogen (secondary N) is 1. The number of piperazine rings is 1. The number of benzene rings is 1. The molecule has 1 aromatic carbocycles. The van der Waals surface area contributed by atoms with Crippen LogP contribution >= 0.6 is 0 Å². The molecular formula is C19H22N4O4. The third kappa shape index (κ3) is 3.42. The number of aromatic amines is 1.